The molecule has 0 unspecified atom stereocenters. The molecule has 24 heavy (non-hydrogen) atoms. The van der Waals surface area contributed by atoms with Gasteiger partial charge in [-0.3, -0.25) is 14.7 Å². The Kier molecular flexibility index (Phi) is 5.48. The molecule has 0 spiro atoms. The van der Waals surface area contributed by atoms with E-state index in [2.05, 4.69) is 26.2 Å². The lowest BCUT2D eigenvalue weighted by Crippen LogP contribution is -2.45. The number of likely N-dealkylation sites (N-methyl/N-ethyl adjacent to an activating group) is 1. The number of amides is 1. The SMILES string of the molecule is Cc1cccc(CN2C[C@H]3C[C@@H](C(=O)NCCN(C)C)[C@@H](C2)O3)n1. The number of morpholine rings is 1. The number of ether oxygens (including phenoxy) is 1. The van der Waals surface area contributed by atoms with Gasteiger partial charge in [0.15, 0.2) is 0 Å². The van der Waals surface area contributed by atoms with Crippen molar-refractivity contribution in [3.63, 3.8) is 0 Å². The highest BCUT2D eigenvalue weighted by Gasteiger charge is 2.44. The molecule has 3 heterocycles. The molecule has 2 fully saturated rings. The summed E-state index contributed by atoms with van der Waals surface area (Å²) in [5, 5.41) is 3.05. The zero-order valence-electron chi connectivity index (χ0n) is 14.9. The summed E-state index contributed by atoms with van der Waals surface area (Å²) in [6, 6.07) is 6.13. The second-order valence-corrected chi connectivity index (χ2v) is 7.20. The maximum Gasteiger partial charge on any atom is 0.225 e. The predicted molar refractivity (Wildman–Crippen MR) is 92.6 cm³/mol. The number of nitrogens with one attached hydrogen (secondary N) is 1. The second kappa shape index (κ2) is 7.59. The van der Waals surface area contributed by atoms with Crippen LogP contribution in [0.2, 0.25) is 0 Å². The first-order valence-corrected chi connectivity index (χ1v) is 8.74. The Labute approximate surface area is 144 Å². The number of nitrogens with zero attached hydrogens (tertiary/aromatic N) is 3. The van der Waals surface area contributed by atoms with Gasteiger partial charge in [-0.15, -0.1) is 0 Å². The molecular formula is C18H28N4O2. The maximum atomic E-state index is 12.4. The summed E-state index contributed by atoms with van der Waals surface area (Å²) in [6.07, 6.45) is 1.00. The number of hydrogen-bond donors (Lipinski definition) is 1. The van der Waals surface area contributed by atoms with Crippen molar-refractivity contribution in [3.05, 3.63) is 29.6 Å². The van der Waals surface area contributed by atoms with Crippen LogP contribution in [0.4, 0.5) is 0 Å². The van der Waals surface area contributed by atoms with E-state index in [1.54, 1.807) is 0 Å². The van der Waals surface area contributed by atoms with Crippen LogP contribution in [0.5, 0.6) is 0 Å². The van der Waals surface area contributed by atoms with Crippen molar-refractivity contribution in [3.8, 4) is 0 Å². The standard InChI is InChI=1S/C18H28N4O2/c1-13-5-4-6-14(20-13)10-22-11-15-9-16(17(12-22)24-15)18(23)19-7-8-21(2)3/h4-6,15-17H,7-12H2,1-3H3,(H,19,23)/t15-,16-,17-/m1/s1. The van der Waals surface area contributed by atoms with Gasteiger partial charge in [0.1, 0.15) is 0 Å². The molecule has 1 aromatic rings. The van der Waals surface area contributed by atoms with Crippen LogP contribution in [0.25, 0.3) is 0 Å². The highest BCUT2D eigenvalue weighted by Crippen LogP contribution is 2.32. The molecule has 0 aliphatic carbocycles. The van der Waals surface area contributed by atoms with Gasteiger partial charge in [-0.2, -0.15) is 0 Å². The molecule has 1 amide bonds. The number of fused-ring (bicyclic) bond motifs is 2. The van der Waals surface area contributed by atoms with E-state index >= 15 is 0 Å². The highest BCUT2D eigenvalue weighted by molar-refractivity contribution is 5.79. The minimum absolute atomic E-state index is 0.00733. The van der Waals surface area contributed by atoms with Crippen molar-refractivity contribution in [2.24, 2.45) is 5.92 Å². The van der Waals surface area contributed by atoms with Crippen LogP contribution < -0.4 is 5.32 Å². The van der Waals surface area contributed by atoms with Gasteiger partial charge in [0.25, 0.3) is 0 Å². The Morgan fingerprint density at radius 2 is 2.25 bits per heavy atom. The minimum atomic E-state index is -0.0207. The lowest BCUT2D eigenvalue weighted by Gasteiger charge is -2.32. The molecule has 3 atom stereocenters. The first-order valence-electron chi connectivity index (χ1n) is 8.74. The third kappa shape index (κ3) is 4.32. The highest BCUT2D eigenvalue weighted by atomic mass is 16.5. The molecule has 1 aromatic heterocycles. The van der Waals surface area contributed by atoms with Gasteiger partial charge in [-0.25, -0.2) is 0 Å². The molecular weight excluding hydrogens is 304 g/mol. The van der Waals surface area contributed by atoms with E-state index in [1.165, 1.54) is 0 Å². The summed E-state index contributed by atoms with van der Waals surface area (Å²) in [4.78, 5) is 21.5. The van der Waals surface area contributed by atoms with Gasteiger partial charge in [-0.05, 0) is 39.6 Å². The van der Waals surface area contributed by atoms with Crippen LogP contribution in [-0.2, 0) is 16.1 Å². The molecule has 2 bridgehead atoms. The number of likely N-dealkylation sites (tertiary alicyclic amines) is 1. The molecule has 6 nitrogen and oxygen atoms in total. The van der Waals surface area contributed by atoms with Gasteiger partial charge in [-0.1, -0.05) is 6.07 Å². The summed E-state index contributed by atoms with van der Waals surface area (Å²) >= 11 is 0. The summed E-state index contributed by atoms with van der Waals surface area (Å²) in [6.45, 7) is 6.08. The van der Waals surface area contributed by atoms with Crippen LogP contribution in [0.15, 0.2) is 18.2 Å². The number of aryl methyl sites for hydroxylation is 1. The molecule has 6 heteroatoms. The fraction of sp³-hybridized carbons (Fsp3) is 0.667. The molecule has 132 valence electrons. The Hall–Kier alpha value is -1.50. The zero-order valence-corrected chi connectivity index (χ0v) is 14.9. The summed E-state index contributed by atoms with van der Waals surface area (Å²) in [7, 11) is 4.02. The van der Waals surface area contributed by atoms with E-state index in [4.69, 9.17) is 4.74 Å². The van der Waals surface area contributed by atoms with Gasteiger partial charge < -0.3 is 15.0 Å². The quantitative estimate of drug-likeness (QED) is 0.829. The topological polar surface area (TPSA) is 57.7 Å². The van der Waals surface area contributed by atoms with Gasteiger partial charge in [0.05, 0.1) is 23.8 Å². The van der Waals surface area contributed by atoms with Crippen LogP contribution in [0.1, 0.15) is 17.8 Å². The van der Waals surface area contributed by atoms with Gasteiger partial charge in [0, 0.05) is 38.4 Å². The van der Waals surface area contributed by atoms with Crippen LogP contribution >= 0.6 is 0 Å². The first kappa shape index (κ1) is 17.3. The van der Waals surface area contributed by atoms with Crippen LogP contribution in [0.3, 0.4) is 0 Å². The molecule has 2 saturated heterocycles. The number of carbonyl (C=O) groups is 1. The number of hydrogen-bond acceptors (Lipinski definition) is 5. The number of carbonyl (C=O) groups excluding carboxylic acids is 1. The molecule has 2 aliphatic rings. The zero-order chi connectivity index (χ0) is 17.1. The average molecular weight is 332 g/mol. The van der Waals surface area contributed by atoms with Crippen molar-refractivity contribution in [1.29, 1.82) is 0 Å². The number of rotatable bonds is 6. The molecule has 0 saturated carbocycles. The molecule has 1 N–H and O–H groups in total. The number of aromatic nitrogens is 1. The molecule has 0 aromatic carbocycles. The van der Waals surface area contributed by atoms with Gasteiger partial charge >= 0.3 is 0 Å². The van der Waals surface area contributed by atoms with Crippen molar-refractivity contribution in [1.82, 2.24) is 20.1 Å². The predicted octanol–water partition coefficient (Wildman–Crippen LogP) is 0.657. The monoisotopic (exact) mass is 332 g/mol. The summed E-state index contributed by atoms with van der Waals surface area (Å²) in [5.74, 6) is 0.118. The van der Waals surface area contributed by atoms with E-state index in [1.807, 2.05) is 33.2 Å². The Morgan fingerprint density at radius 3 is 3.00 bits per heavy atom. The smallest absolute Gasteiger partial charge is 0.225 e. The third-order valence-corrected chi connectivity index (χ3v) is 4.76. The fourth-order valence-electron chi connectivity index (χ4n) is 3.59. The lowest BCUT2D eigenvalue weighted by atomic mass is 9.99. The minimum Gasteiger partial charge on any atom is -0.371 e. The Bertz CT molecular complexity index is 578. The van der Waals surface area contributed by atoms with Crippen molar-refractivity contribution in [2.75, 3.05) is 40.3 Å². The second-order valence-electron chi connectivity index (χ2n) is 7.20. The van der Waals surface area contributed by atoms with Crippen molar-refractivity contribution < 1.29 is 9.53 Å². The van der Waals surface area contributed by atoms with Crippen LogP contribution in [0, 0.1) is 12.8 Å². The van der Waals surface area contributed by atoms with E-state index in [9.17, 15) is 4.79 Å². The van der Waals surface area contributed by atoms with E-state index in [0.717, 1.165) is 44.0 Å². The van der Waals surface area contributed by atoms with E-state index in [-0.39, 0.29) is 24.0 Å². The van der Waals surface area contributed by atoms with Crippen molar-refractivity contribution >= 4 is 5.91 Å². The van der Waals surface area contributed by atoms with E-state index < -0.39 is 0 Å². The third-order valence-electron chi connectivity index (χ3n) is 4.76. The van der Waals surface area contributed by atoms with E-state index in [0.29, 0.717) is 6.54 Å². The van der Waals surface area contributed by atoms with Crippen LogP contribution in [-0.4, -0.2) is 73.2 Å². The summed E-state index contributed by atoms with van der Waals surface area (Å²) in [5.41, 5.74) is 2.13. The Morgan fingerprint density at radius 1 is 1.42 bits per heavy atom. The Balaban J connectivity index is 1.53. The number of pyridine rings is 1. The lowest BCUT2D eigenvalue weighted by molar-refractivity contribution is -0.128. The first-order chi connectivity index (χ1) is 11.5. The molecule has 3 rings (SSSR count). The molecule has 2 aliphatic heterocycles. The largest absolute Gasteiger partial charge is 0.371 e. The normalized spacial score (nSPS) is 26.8. The average Bonchev–Trinajstić information content (AvgIpc) is 2.81. The van der Waals surface area contributed by atoms with Gasteiger partial charge in [0.2, 0.25) is 5.91 Å². The maximum absolute atomic E-state index is 12.4. The van der Waals surface area contributed by atoms with Crippen molar-refractivity contribution in [2.45, 2.75) is 32.1 Å². The fourth-order valence-corrected chi connectivity index (χ4v) is 3.59. The molecule has 0 radical (unpaired) electrons. The summed E-state index contributed by atoms with van der Waals surface area (Å²) < 4.78 is 6.02.